The van der Waals surface area contributed by atoms with Crippen LogP contribution in [-0.4, -0.2) is 43.3 Å². The molecule has 2 N–H and O–H groups in total. The molecular formula is C20H29N3O2. The Morgan fingerprint density at radius 3 is 2.64 bits per heavy atom. The molecule has 0 bridgehead atoms. The molecule has 1 fully saturated rings. The Morgan fingerprint density at radius 2 is 1.96 bits per heavy atom. The number of benzene rings is 1. The first-order valence-electron chi connectivity index (χ1n) is 9.36. The van der Waals surface area contributed by atoms with E-state index < -0.39 is 0 Å². The molecule has 1 heterocycles. The molecule has 5 heteroatoms. The van der Waals surface area contributed by atoms with Crippen LogP contribution in [0.15, 0.2) is 35.9 Å². The van der Waals surface area contributed by atoms with Gasteiger partial charge in [-0.2, -0.15) is 0 Å². The average molecular weight is 343 g/mol. The fourth-order valence-electron chi connectivity index (χ4n) is 3.42. The molecule has 136 valence electrons. The van der Waals surface area contributed by atoms with Crippen LogP contribution in [0.25, 0.3) is 0 Å². The van der Waals surface area contributed by atoms with Crippen LogP contribution in [0, 0.1) is 0 Å². The molecule has 1 aromatic carbocycles. The summed E-state index contributed by atoms with van der Waals surface area (Å²) in [5.41, 5.74) is 3.43. The van der Waals surface area contributed by atoms with E-state index in [-0.39, 0.29) is 12.1 Å². The van der Waals surface area contributed by atoms with Crippen molar-refractivity contribution in [2.45, 2.75) is 45.2 Å². The minimum atomic E-state index is -0.139. The molecule has 3 rings (SSSR count). The van der Waals surface area contributed by atoms with Crippen LogP contribution in [0.1, 0.15) is 38.2 Å². The fraction of sp³-hybridized carbons (Fsp3) is 0.550. The number of allylic oxidation sites excluding steroid dienone is 1. The number of carbonyl (C=O) groups excluding carboxylic acids is 1. The van der Waals surface area contributed by atoms with Gasteiger partial charge in [-0.25, -0.2) is 4.79 Å². The van der Waals surface area contributed by atoms with Crippen molar-refractivity contribution in [3.63, 3.8) is 0 Å². The van der Waals surface area contributed by atoms with Gasteiger partial charge in [-0.15, -0.1) is 0 Å². The standard InChI is InChI=1S/C20H29N3O2/c1-16(18-5-3-2-4-6-18)21-20(24)22-19-9-7-17(8-10-19)15-23-11-13-25-14-12-23/h5,7-10,16H,2-4,6,11-15H2,1H3,(H2,21,22,24)/t16-/m1/s1. The van der Waals surface area contributed by atoms with Crippen molar-refractivity contribution < 1.29 is 9.53 Å². The molecule has 5 nitrogen and oxygen atoms in total. The van der Waals surface area contributed by atoms with E-state index >= 15 is 0 Å². The minimum Gasteiger partial charge on any atom is -0.379 e. The molecule has 1 aliphatic heterocycles. The second kappa shape index (κ2) is 9.02. The first-order valence-corrected chi connectivity index (χ1v) is 9.36. The van der Waals surface area contributed by atoms with E-state index in [0.717, 1.165) is 51.4 Å². The highest BCUT2D eigenvalue weighted by Crippen LogP contribution is 2.20. The number of amides is 2. The summed E-state index contributed by atoms with van der Waals surface area (Å²) in [5, 5.41) is 5.97. The van der Waals surface area contributed by atoms with Gasteiger partial charge in [0.15, 0.2) is 0 Å². The quantitative estimate of drug-likeness (QED) is 0.804. The van der Waals surface area contributed by atoms with Crippen molar-refractivity contribution in [3.05, 3.63) is 41.5 Å². The van der Waals surface area contributed by atoms with Crippen molar-refractivity contribution in [2.75, 3.05) is 31.6 Å². The van der Waals surface area contributed by atoms with Gasteiger partial charge in [-0.05, 0) is 50.3 Å². The summed E-state index contributed by atoms with van der Waals surface area (Å²) in [5.74, 6) is 0. The Morgan fingerprint density at radius 1 is 1.20 bits per heavy atom. The molecule has 1 saturated heterocycles. The van der Waals surface area contributed by atoms with E-state index in [1.807, 2.05) is 12.1 Å². The lowest BCUT2D eigenvalue weighted by Crippen LogP contribution is -2.37. The number of morpholine rings is 1. The van der Waals surface area contributed by atoms with Crippen LogP contribution < -0.4 is 10.6 Å². The molecule has 1 aliphatic carbocycles. The lowest BCUT2D eigenvalue weighted by atomic mass is 9.95. The summed E-state index contributed by atoms with van der Waals surface area (Å²) >= 11 is 0. The van der Waals surface area contributed by atoms with Crippen molar-refractivity contribution >= 4 is 11.7 Å². The third-order valence-electron chi connectivity index (χ3n) is 4.95. The number of hydrogen-bond acceptors (Lipinski definition) is 3. The largest absolute Gasteiger partial charge is 0.379 e. The van der Waals surface area contributed by atoms with Gasteiger partial charge in [0.25, 0.3) is 0 Å². The second-order valence-electron chi connectivity index (χ2n) is 6.93. The molecule has 2 aliphatic rings. The van der Waals surface area contributed by atoms with Crippen molar-refractivity contribution in [1.82, 2.24) is 10.2 Å². The van der Waals surface area contributed by atoms with Crippen LogP contribution in [0.2, 0.25) is 0 Å². The highest BCUT2D eigenvalue weighted by Gasteiger charge is 2.14. The lowest BCUT2D eigenvalue weighted by Gasteiger charge is -2.26. The zero-order valence-electron chi connectivity index (χ0n) is 15.1. The van der Waals surface area contributed by atoms with Crippen molar-refractivity contribution in [3.8, 4) is 0 Å². The Kier molecular flexibility index (Phi) is 6.48. The normalized spacial score (nSPS) is 19.8. The van der Waals surface area contributed by atoms with Gasteiger partial charge in [-0.1, -0.05) is 23.8 Å². The summed E-state index contributed by atoms with van der Waals surface area (Å²) in [6.07, 6.45) is 6.99. The first kappa shape index (κ1) is 18.0. The second-order valence-corrected chi connectivity index (χ2v) is 6.93. The van der Waals surface area contributed by atoms with Gasteiger partial charge in [0, 0.05) is 31.4 Å². The van der Waals surface area contributed by atoms with Gasteiger partial charge < -0.3 is 15.4 Å². The first-order chi connectivity index (χ1) is 12.2. The average Bonchev–Trinajstić information content (AvgIpc) is 2.65. The predicted octanol–water partition coefficient (Wildman–Crippen LogP) is 3.53. The topological polar surface area (TPSA) is 53.6 Å². The monoisotopic (exact) mass is 343 g/mol. The Hall–Kier alpha value is -1.85. The SMILES string of the molecule is C[C@@H](NC(=O)Nc1ccc(CN2CCOCC2)cc1)C1=CCCCC1. The van der Waals surface area contributed by atoms with Gasteiger partial charge in [0.2, 0.25) is 0 Å². The van der Waals surface area contributed by atoms with Crippen LogP contribution in [0.3, 0.4) is 0 Å². The van der Waals surface area contributed by atoms with E-state index in [4.69, 9.17) is 4.74 Å². The zero-order chi connectivity index (χ0) is 17.5. The van der Waals surface area contributed by atoms with E-state index in [0.29, 0.717) is 0 Å². The molecule has 2 amide bonds. The molecule has 0 spiro atoms. The maximum atomic E-state index is 12.2. The van der Waals surface area contributed by atoms with Crippen LogP contribution in [0.5, 0.6) is 0 Å². The van der Waals surface area contributed by atoms with Crippen LogP contribution >= 0.6 is 0 Å². The van der Waals surface area contributed by atoms with Gasteiger partial charge in [0.05, 0.1) is 13.2 Å². The van der Waals surface area contributed by atoms with Crippen molar-refractivity contribution in [1.29, 1.82) is 0 Å². The van der Waals surface area contributed by atoms with Gasteiger partial charge >= 0.3 is 6.03 Å². The third-order valence-corrected chi connectivity index (χ3v) is 4.95. The van der Waals surface area contributed by atoms with Gasteiger partial charge in [-0.3, -0.25) is 4.90 Å². The number of nitrogens with zero attached hydrogens (tertiary/aromatic N) is 1. The summed E-state index contributed by atoms with van der Waals surface area (Å²) in [4.78, 5) is 14.6. The fourth-order valence-corrected chi connectivity index (χ4v) is 3.42. The number of anilines is 1. The maximum absolute atomic E-state index is 12.2. The minimum absolute atomic E-state index is 0.0980. The molecule has 1 aromatic rings. The maximum Gasteiger partial charge on any atom is 0.319 e. The summed E-state index contributed by atoms with van der Waals surface area (Å²) < 4.78 is 5.38. The van der Waals surface area contributed by atoms with E-state index in [2.05, 4.69) is 40.7 Å². The van der Waals surface area contributed by atoms with E-state index in [1.54, 1.807) is 0 Å². The molecule has 25 heavy (non-hydrogen) atoms. The molecule has 1 atom stereocenters. The lowest BCUT2D eigenvalue weighted by molar-refractivity contribution is 0.0342. The van der Waals surface area contributed by atoms with Crippen LogP contribution in [-0.2, 0) is 11.3 Å². The number of rotatable bonds is 5. The highest BCUT2D eigenvalue weighted by atomic mass is 16.5. The Balaban J connectivity index is 1.47. The van der Waals surface area contributed by atoms with Crippen molar-refractivity contribution in [2.24, 2.45) is 0 Å². The smallest absolute Gasteiger partial charge is 0.319 e. The zero-order valence-corrected chi connectivity index (χ0v) is 15.1. The molecule has 0 saturated carbocycles. The molecular weight excluding hydrogens is 314 g/mol. The van der Waals surface area contributed by atoms with Gasteiger partial charge in [0.1, 0.15) is 0 Å². The van der Waals surface area contributed by atoms with E-state index in [1.165, 1.54) is 24.0 Å². The van der Waals surface area contributed by atoms with Crippen LogP contribution in [0.4, 0.5) is 10.5 Å². The number of hydrogen-bond donors (Lipinski definition) is 2. The molecule has 0 unspecified atom stereocenters. The molecule has 0 aromatic heterocycles. The highest BCUT2D eigenvalue weighted by molar-refractivity contribution is 5.89. The Bertz CT molecular complexity index is 591. The number of nitrogens with one attached hydrogen (secondary N) is 2. The summed E-state index contributed by atoms with van der Waals surface area (Å²) in [7, 11) is 0. The number of carbonyl (C=O) groups is 1. The predicted molar refractivity (Wildman–Crippen MR) is 101 cm³/mol. The number of urea groups is 1. The molecule has 0 radical (unpaired) electrons. The third kappa shape index (κ3) is 5.58. The Labute approximate surface area is 150 Å². The summed E-state index contributed by atoms with van der Waals surface area (Å²) in [6, 6.07) is 8.07. The van der Waals surface area contributed by atoms with E-state index in [9.17, 15) is 4.79 Å². The number of ether oxygens (including phenoxy) is 1. The summed E-state index contributed by atoms with van der Waals surface area (Å²) in [6.45, 7) is 6.58.